The Hall–Kier alpha value is -2.86. The summed E-state index contributed by atoms with van der Waals surface area (Å²) in [7, 11) is 0. The van der Waals surface area contributed by atoms with Crippen molar-refractivity contribution in [2.24, 2.45) is 5.92 Å². The van der Waals surface area contributed by atoms with Gasteiger partial charge in [-0.25, -0.2) is 4.79 Å². The Labute approximate surface area is 158 Å². The Morgan fingerprint density at radius 2 is 1.81 bits per heavy atom. The summed E-state index contributed by atoms with van der Waals surface area (Å²) >= 11 is 0. The largest absolute Gasteiger partial charge is 0.482 e. The minimum atomic E-state index is -1.04. The van der Waals surface area contributed by atoms with Crippen LogP contribution in [-0.2, 0) is 16.1 Å². The zero-order valence-corrected chi connectivity index (χ0v) is 15.1. The molecule has 27 heavy (non-hydrogen) atoms. The van der Waals surface area contributed by atoms with Crippen molar-refractivity contribution in [2.75, 3.05) is 25.0 Å². The van der Waals surface area contributed by atoms with Crippen molar-refractivity contribution in [1.82, 2.24) is 4.90 Å². The predicted octanol–water partition coefficient (Wildman–Crippen LogP) is 3.00. The van der Waals surface area contributed by atoms with Crippen LogP contribution in [0.3, 0.4) is 0 Å². The van der Waals surface area contributed by atoms with Gasteiger partial charge in [0.1, 0.15) is 5.75 Å². The number of carboxylic acids is 1. The number of likely N-dealkylation sites (tertiary alicyclic amines) is 1. The van der Waals surface area contributed by atoms with Gasteiger partial charge in [-0.15, -0.1) is 0 Å². The molecule has 0 unspecified atom stereocenters. The lowest BCUT2D eigenvalue weighted by molar-refractivity contribution is -0.139. The number of rotatable bonds is 7. The van der Waals surface area contributed by atoms with Crippen LogP contribution in [0.4, 0.5) is 5.69 Å². The minimum absolute atomic E-state index is 0.00439. The third-order valence-electron chi connectivity index (χ3n) is 4.67. The zero-order valence-electron chi connectivity index (χ0n) is 15.1. The maximum absolute atomic E-state index is 12.5. The molecule has 0 aliphatic carbocycles. The second-order valence-corrected chi connectivity index (χ2v) is 6.74. The molecule has 1 aliphatic heterocycles. The van der Waals surface area contributed by atoms with Crippen molar-refractivity contribution >= 4 is 17.6 Å². The summed E-state index contributed by atoms with van der Waals surface area (Å²) in [6.07, 6.45) is 1.65. The number of amides is 1. The van der Waals surface area contributed by atoms with E-state index >= 15 is 0 Å². The van der Waals surface area contributed by atoms with Crippen LogP contribution < -0.4 is 10.1 Å². The van der Waals surface area contributed by atoms with E-state index in [1.54, 1.807) is 24.3 Å². The summed E-state index contributed by atoms with van der Waals surface area (Å²) in [4.78, 5) is 25.5. The topological polar surface area (TPSA) is 78.9 Å². The first-order valence-electron chi connectivity index (χ1n) is 9.12. The molecule has 0 saturated carbocycles. The fourth-order valence-electron chi connectivity index (χ4n) is 3.25. The summed E-state index contributed by atoms with van der Waals surface area (Å²) in [5.74, 6) is -0.620. The van der Waals surface area contributed by atoms with Crippen molar-refractivity contribution in [1.29, 1.82) is 0 Å². The van der Waals surface area contributed by atoms with E-state index in [-0.39, 0.29) is 11.8 Å². The molecule has 0 radical (unpaired) electrons. The van der Waals surface area contributed by atoms with Crippen molar-refractivity contribution in [2.45, 2.75) is 19.4 Å². The number of nitrogens with one attached hydrogen (secondary N) is 1. The van der Waals surface area contributed by atoms with E-state index in [4.69, 9.17) is 9.84 Å². The maximum atomic E-state index is 12.5. The molecule has 0 spiro atoms. The molecule has 0 atom stereocenters. The van der Waals surface area contributed by atoms with E-state index < -0.39 is 12.6 Å². The van der Waals surface area contributed by atoms with Crippen molar-refractivity contribution < 1.29 is 19.4 Å². The van der Waals surface area contributed by atoms with Gasteiger partial charge in [-0.1, -0.05) is 36.4 Å². The Balaban J connectivity index is 1.48. The normalized spacial score (nSPS) is 15.3. The molecule has 0 bridgehead atoms. The molecular formula is C21H24N2O4. The quantitative estimate of drug-likeness (QED) is 0.785. The number of carboxylic acid groups (broad SMARTS) is 1. The summed E-state index contributed by atoms with van der Waals surface area (Å²) in [5.41, 5.74) is 1.91. The summed E-state index contributed by atoms with van der Waals surface area (Å²) in [6.45, 7) is 2.30. The number of hydrogen-bond acceptors (Lipinski definition) is 4. The van der Waals surface area contributed by atoms with E-state index in [0.717, 1.165) is 32.5 Å². The van der Waals surface area contributed by atoms with Crippen molar-refractivity contribution in [3.8, 4) is 5.75 Å². The molecule has 1 heterocycles. The van der Waals surface area contributed by atoms with E-state index in [1.807, 2.05) is 18.2 Å². The average molecular weight is 368 g/mol. The Morgan fingerprint density at radius 1 is 1.07 bits per heavy atom. The zero-order chi connectivity index (χ0) is 19.1. The standard InChI is InChI=1S/C21H24N2O4/c24-20(25)15-27-19-8-4-7-18(13-19)22-21(26)17-9-11-23(12-10-17)14-16-5-2-1-3-6-16/h1-8,13,17H,9-12,14-15H2,(H,22,26)(H,24,25). The molecule has 1 saturated heterocycles. The molecule has 1 aliphatic rings. The molecule has 2 N–H and O–H groups in total. The number of carbonyl (C=O) groups is 2. The smallest absolute Gasteiger partial charge is 0.341 e. The SMILES string of the molecule is O=C(O)COc1cccc(NC(=O)C2CCN(Cc3ccccc3)CC2)c1. The van der Waals surface area contributed by atoms with E-state index in [9.17, 15) is 9.59 Å². The number of piperidine rings is 1. The van der Waals surface area contributed by atoms with Gasteiger partial charge in [-0.3, -0.25) is 9.69 Å². The molecular weight excluding hydrogens is 344 g/mol. The van der Waals surface area contributed by atoms with Gasteiger partial charge in [0.15, 0.2) is 6.61 Å². The number of nitrogens with zero attached hydrogens (tertiary/aromatic N) is 1. The van der Waals surface area contributed by atoms with Crippen LogP contribution in [0.5, 0.6) is 5.75 Å². The van der Waals surface area contributed by atoms with E-state index in [1.165, 1.54) is 5.56 Å². The predicted molar refractivity (Wildman–Crippen MR) is 103 cm³/mol. The second kappa shape index (κ2) is 9.19. The highest BCUT2D eigenvalue weighted by molar-refractivity contribution is 5.92. The molecule has 2 aromatic rings. The summed E-state index contributed by atoms with van der Waals surface area (Å²) < 4.78 is 5.15. The molecule has 1 fully saturated rings. The first-order valence-corrected chi connectivity index (χ1v) is 9.12. The molecule has 2 aromatic carbocycles. The Bertz CT molecular complexity index is 771. The highest BCUT2D eigenvalue weighted by Gasteiger charge is 2.25. The first kappa shape index (κ1) is 18.9. The molecule has 6 nitrogen and oxygen atoms in total. The highest BCUT2D eigenvalue weighted by atomic mass is 16.5. The van der Waals surface area contributed by atoms with Gasteiger partial charge in [0, 0.05) is 24.2 Å². The molecule has 0 aromatic heterocycles. The average Bonchev–Trinajstić information content (AvgIpc) is 2.68. The molecule has 1 amide bonds. The number of benzene rings is 2. The van der Waals surface area contributed by atoms with Gasteiger partial charge >= 0.3 is 5.97 Å². The van der Waals surface area contributed by atoms with Crippen LogP contribution in [0.15, 0.2) is 54.6 Å². The lowest BCUT2D eigenvalue weighted by atomic mass is 9.95. The van der Waals surface area contributed by atoms with Crippen LogP contribution in [0.1, 0.15) is 18.4 Å². The van der Waals surface area contributed by atoms with Crippen molar-refractivity contribution in [3.05, 3.63) is 60.2 Å². The van der Waals surface area contributed by atoms with Gasteiger partial charge in [0.05, 0.1) is 0 Å². The van der Waals surface area contributed by atoms with Crippen LogP contribution in [0, 0.1) is 5.92 Å². The van der Waals surface area contributed by atoms with E-state index in [2.05, 4.69) is 22.3 Å². The Morgan fingerprint density at radius 3 is 2.52 bits per heavy atom. The number of hydrogen-bond donors (Lipinski definition) is 2. The lowest BCUT2D eigenvalue weighted by Crippen LogP contribution is -2.37. The third-order valence-corrected chi connectivity index (χ3v) is 4.67. The van der Waals surface area contributed by atoms with Crippen LogP contribution >= 0.6 is 0 Å². The third kappa shape index (κ3) is 5.82. The minimum Gasteiger partial charge on any atom is -0.482 e. The van der Waals surface area contributed by atoms with Crippen LogP contribution in [-0.4, -0.2) is 41.6 Å². The fraction of sp³-hybridized carbons (Fsp3) is 0.333. The highest BCUT2D eigenvalue weighted by Crippen LogP contribution is 2.22. The first-order chi connectivity index (χ1) is 13.1. The van der Waals surface area contributed by atoms with Gasteiger partial charge in [-0.2, -0.15) is 0 Å². The lowest BCUT2D eigenvalue weighted by Gasteiger charge is -2.31. The fourth-order valence-corrected chi connectivity index (χ4v) is 3.25. The summed E-state index contributed by atoms with van der Waals surface area (Å²) in [5, 5.41) is 11.6. The number of anilines is 1. The van der Waals surface area contributed by atoms with Gasteiger partial charge in [0.25, 0.3) is 0 Å². The maximum Gasteiger partial charge on any atom is 0.341 e. The van der Waals surface area contributed by atoms with Gasteiger partial charge in [-0.05, 0) is 43.6 Å². The van der Waals surface area contributed by atoms with Gasteiger partial charge in [0.2, 0.25) is 5.91 Å². The number of ether oxygens (including phenoxy) is 1. The molecule has 6 heteroatoms. The molecule has 3 rings (SSSR count). The second-order valence-electron chi connectivity index (χ2n) is 6.74. The van der Waals surface area contributed by atoms with Crippen molar-refractivity contribution in [3.63, 3.8) is 0 Å². The monoisotopic (exact) mass is 368 g/mol. The molecule has 142 valence electrons. The van der Waals surface area contributed by atoms with Crippen LogP contribution in [0.25, 0.3) is 0 Å². The summed E-state index contributed by atoms with van der Waals surface area (Å²) in [6, 6.07) is 17.2. The van der Waals surface area contributed by atoms with Gasteiger partial charge < -0.3 is 15.2 Å². The van der Waals surface area contributed by atoms with E-state index in [0.29, 0.717) is 11.4 Å². The number of aliphatic carboxylic acids is 1. The Kier molecular flexibility index (Phi) is 6.44. The van der Waals surface area contributed by atoms with Crippen LogP contribution in [0.2, 0.25) is 0 Å². The number of carbonyl (C=O) groups excluding carboxylic acids is 1.